The van der Waals surface area contributed by atoms with E-state index in [1.807, 2.05) is 25.1 Å². The first kappa shape index (κ1) is 16.6. The number of aryl methyl sites for hydroxylation is 1. The number of pyridine rings is 1. The number of nitrogens with one attached hydrogen (secondary N) is 2. The fourth-order valence-electron chi connectivity index (χ4n) is 1.78. The highest BCUT2D eigenvalue weighted by molar-refractivity contribution is 7.88. The Morgan fingerprint density at radius 1 is 1.27 bits per heavy atom. The third-order valence-electron chi connectivity index (χ3n) is 2.75. The van der Waals surface area contributed by atoms with Crippen molar-refractivity contribution in [3.8, 4) is 0 Å². The SMILES string of the molecule is Cc1cccc(NC(=O)c2ccc(CCNS(C)(=O)=O)s2)n1. The predicted molar refractivity (Wildman–Crippen MR) is 87.8 cm³/mol. The van der Waals surface area contributed by atoms with Crippen LogP contribution in [-0.4, -0.2) is 32.1 Å². The molecule has 0 spiro atoms. The molecule has 118 valence electrons. The second-order valence-corrected chi connectivity index (χ2v) is 7.80. The van der Waals surface area contributed by atoms with Crippen LogP contribution in [-0.2, 0) is 16.4 Å². The molecule has 1 amide bonds. The van der Waals surface area contributed by atoms with Crippen molar-refractivity contribution in [1.29, 1.82) is 0 Å². The summed E-state index contributed by atoms with van der Waals surface area (Å²) in [5.41, 5.74) is 0.830. The van der Waals surface area contributed by atoms with Gasteiger partial charge in [0.05, 0.1) is 11.1 Å². The van der Waals surface area contributed by atoms with Gasteiger partial charge < -0.3 is 5.32 Å². The monoisotopic (exact) mass is 339 g/mol. The molecule has 8 heteroatoms. The molecule has 2 aromatic rings. The van der Waals surface area contributed by atoms with Crippen molar-refractivity contribution in [2.24, 2.45) is 0 Å². The van der Waals surface area contributed by atoms with Crippen LogP contribution >= 0.6 is 11.3 Å². The van der Waals surface area contributed by atoms with Gasteiger partial charge >= 0.3 is 0 Å². The number of nitrogens with zero attached hydrogens (tertiary/aromatic N) is 1. The lowest BCUT2D eigenvalue weighted by molar-refractivity contribution is 0.103. The van der Waals surface area contributed by atoms with Crippen LogP contribution in [0.15, 0.2) is 30.3 Å². The maximum atomic E-state index is 12.1. The van der Waals surface area contributed by atoms with Crippen LogP contribution in [0.1, 0.15) is 20.2 Å². The van der Waals surface area contributed by atoms with Gasteiger partial charge in [-0.25, -0.2) is 18.1 Å². The molecule has 0 bridgehead atoms. The van der Waals surface area contributed by atoms with E-state index in [9.17, 15) is 13.2 Å². The van der Waals surface area contributed by atoms with E-state index >= 15 is 0 Å². The van der Waals surface area contributed by atoms with Crippen molar-refractivity contribution >= 4 is 33.1 Å². The van der Waals surface area contributed by atoms with E-state index in [1.54, 1.807) is 12.1 Å². The lowest BCUT2D eigenvalue weighted by Gasteiger charge is -2.03. The lowest BCUT2D eigenvalue weighted by Crippen LogP contribution is -2.24. The molecule has 0 saturated heterocycles. The van der Waals surface area contributed by atoms with Crippen molar-refractivity contribution in [2.75, 3.05) is 18.1 Å². The number of rotatable bonds is 6. The largest absolute Gasteiger partial charge is 0.306 e. The van der Waals surface area contributed by atoms with Crippen LogP contribution in [0, 0.1) is 6.92 Å². The molecule has 22 heavy (non-hydrogen) atoms. The highest BCUT2D eigenvalue weighted by atomic mass is 32.2. The summed E-state index contributed by atoms with van der Waals surface area (Å²) in [4.78, 5) is 17.8. The Balaban J connectivity index is 1.94. The van der Waals surface area contributed by atoms with Crippen molar-refractivity contribution in [3.63, 3.8) is 0 Å². The van der Waals surface area contributed by atoms with Gasteiger partial charge in [0.25, 0.3) is 5.91 Å². The molecule has 6 nitrogen and oxygen atoms in total. The number of carbonyl (C=O) groups excluding carboxylic acids is 1. The quantitative estimate of drug-likeness (QED) is 0.840. The van der Waals surface area contributed by atoms with Gasteiger partial charge in [-0.2, -0.15) is 0 Å². The predicted octanol–water partition coefficient (Wildman–Crippen LogP) is 1.80. The maximum Gasteiger partial charge on any atom is 0.266 e. The molecule has 0 saturated carbocycles. The zero-order valence-corrected chi connectivity index (χ0v) is 13.9. The maximum absolute atomic E-state index is 12.1. The number of amides is 1. The summed E-state index contributed by atoms with van der Waals surface area (Å²) in [5, 5.41) is 2.74. The molecule has 0 aliphatic rings. The topological polar surface area (TPSA) is 88.2 Å². The fraction of sp³-hybridized carbons (Fsp3) is 0.286. The Labute approximate surface area is 133 Å². The minimum Gasteiger partial charge on any atom is -0.306 e. The molecule has 0 aliphatic carbocycles. The Morgan fingerprint density at radius 3 is 2.73 bits per heavy atom. The van der Waals surface area contributed by atoms with E-state index in [2.05, 4.69) is 15.0 Å². The number of hydrogen-bond acceptors (Lipinski definition) is 5. The molecular formula is C14H17N3O3S2. The molecule has 2 N–H and O–H groups in total. The molecule has 0 fully saturated rings. The van der Waals surface area contributed by atoms with Crippen LogP contribution in [0.4, 0.5) is 5.82 Å². The number of hydrogen-bond donors (Lipinski definition) is 2. The van der Waals surface area contributed by atoms with Crippen LogP contribution in [0.5, 0.6) is 0 Å². The molecule has 0 aromatic carbocycles. The second kappa shape index (κ2) is 6.99. The summed E-state index contributed by atoms with van der Waals surface area (Å²) < 4.78 is 24.4. The third kappa shape index (κ3) is 5.21. The average molecular weight is 339 g/mol. The number of carbonyl (C=O) groups is 1. The van der Waals surface area contributed by atoms with E-state index in [-0.39, 0.29) is 5.91 Å². The molecule has 0 radical (unpaired) electrons. The van der Waals surface area contributed by atoms with Gasteiger partial charge in [-0.1, -0.05) is 6.07 Å². The highest BCUT2D eigenvalue weighted by Gasteiger charge is 2.10. The van der Waals surface area contributed by atoms with Gasteiger partial charge in [-0.3, -0.25) is 4.79 Å². The van der Waals surface area contributed by atoms with Crippen LogP contribution in [0.25, 0.3) is 0 Å². The minimum absolute atomic E-state index is 0.217. The average Bonchev–Trinajstić information content (AvgIpc) is 2.86. The second-order valence-electron chi connectivity index (χ2n) is 4.80. The van der Waals surface area contributed by atoms with E-state index in [1.165, 1.54) is 11.3 Å². The third-order valence-corrected chi connectivity index (χ3v) is 4.62. The van der Waals surface area contributed by atoms with E-state index in [4.69, 9.17) is 0 Å². The van der Waals surface area contributed by atoms with Gasteiger partial charge in [-0.05, 0) is 37.6 Å². The molecule has 0 atom stereocenters. The Bertz CT molecular complexity index is 769. The van der Waals surface area contributed by atoms with Crippen LogP contribution in [0.3, 0.4) is 0 Å². The highest BCUT2D eigenvalue weighted by Crippen LogP contribution is 2.18. The summed E-state index contributed by atoms with van der Waals surface area (Å²) in [6.07, 6.45) is 1.67. The first-order valence-corrected chi connectivity index (χ1v) is 9.33. The van der Waals surface area contributed by atoms with Crippen molar-refractivity contribution < 1.29 is 13.2 Å². The summed E-state index contributed by atoms with van der Waals surface area (Å²) in [6.45, 7) is 2.17. The van der Waals surface area contributed by atoms with Crippen molar-refractivity contribution in [1.82, 2.24) is 9.71 Å². The Hall–Kier alpha value is -1.77. The number of anilines is 1. The molecule has 2 aromatic heterocycles. The molecule has 2 heterocycles. The van der Waals surface area contributed by atoms with Gasteiger partial charge in [0.15, 0.2) is 0 Å². The molecular weight excluding hydrogens is 322 g/mol. The van der Waals surface area contributed by atoms with E-state index in [0.29, 0.717) is 23.7 Å². The zero-order chi connectivity index (χ0) is 16.2. The van der Waals surface area contributed by atoms with Gasteiger partial charge in [0, 0.05) is 17.1 Å². The molecule has 2 rings (SSSR count). The number of thiophene rings is 1. The number of aromatic nitrogens is 1. The normalized spacial score (nSPS) is 11.4. The summed E-state index contributed by atoms with van der Waals surface area (Å²) >= 11 is 1.34. The minimum atomic E-state index is -3.18. The van der Waals surface area contributed by atoms with E-state index in [0.717, 1.165) is 16.8 Å². The first-order valence-electron chi connectivity index (χ1n) is 6.62. The standard InChI is InChI=1S/C14H17N3O3S2/c1-10-4-3-5-13(16-10)17-14(18)12-7-6-11(21-12)8-9-15-22(2,19)20/h3-7,15H,8-9H2,1-2H3,(H,16,17,18). The fourth-order valence-corrected chi connectivity index (χ4v) is 3.16. The lowest BCUT2D eigenvalue weighted by atomic mass is 10.3. The van der Waals surface area contributed by atoms with Crippen molar-refractivity contribution in [2.45, 2.75) is 13.3 Å². The van der Waals surface area contributed by atoms with E-state index < -0.39 is 10.0 Å². The summed E-state index contributed by atoms with van der Waals surface area (Å²) in [7, 11) is -3.18. The van der Waals surface area contributed by atoms with Gasteiger partial charge in [-0.15, -0.1) is 11.3 Å². The Kier molecular flexibility index (Phi) is 5.28. The molecule has 0 unspecified atom stereocenters. The van der Waals surface area contributed by atoms with Crippen molar-refractivity contribution in [3.05, 3.63) is 45.8 Å². The van der Waals surface area contributed by atoms with Crippen LogP contribution in [0.2, 0.25) is 0 Å². The van der Waals surface area contributed by atoms with Gasteiger partial charge in [0.1, 0.15) is 5.82 Å². The van der Waals surface area contributed by atoms with Crippen LogP contribution < -0.4 is 10.0 Å². The first-order chi connectivity index (χ1) is 10.3. The number of sulfonamides is 1. The Morgan fingerprint density at radius 2 is 2.05 bits per heavy atom. The molecule has 0 aliphatic heterocycles. The summed E-state index contributed by atoms with van der Waals surface area (Å²) in [5.74, 6) is 0.295. The summed E-state index contributed by atoms with van der Waals surface area (Å²) in [6, 6.07) is 8.97. The zero-order valence-electron chi connectivity index (χ0n) is 12.3. The van der Waals surface area contributed by atoms with Gasteiger partial charge in [0.2, 0.25) is 10.0 Å². The smallest absolute Gasteiger partial charge is 0.266 e.